The van der Waals surface area contributed by atoms with Gasteiger partial charge in [0.25, 0.3) is 0 Å². The minimum atomic E-state index is -0.497. The zero-order chi connectivity index (χ0) is 19.3. The van der Waals surface area contributed by atoms with E-state index >= 15 is 0 Å². The fraction of sp³-hybridized carbons (Fsp3) is 0. The second kappa shape index (κ2) is 6.06. The summed E-state index contributed by atoms with van der Waals surface area (Å²) in [5, 5.41) is 15.1. The lowest BCUT2D eigenvalue weighted by Gasteiger charge is -2.14. The minimum Gasteiger partial charge on any atom is -0.508 e. The Bertz CT molecular complexity index is 1370. The molecule has 0 bridgehead atoms. The zero-order valence-corrected chi connectivity index (χ0v) is 14.7. The first-order chi connectivity index (χ1) is 13.7. The number of esters is 1. The van der Waals surface area contributed by atoms with E-state index in [1.165, 1.54) is 24.3 Å². The molecule has 0 amide bonds. The number of hydrogen-bond acceptors (Lipinski definition) is 4. The molecule has 5 aromatic carbocycles. The summed E-state index contributed by atoms with van der Waals surface area (Å²) in [6, 6.07) is 21.2. The van der Waals surface area contributed by atoms with Crippen LogP contribution in [0.4, 0.5) is 0 Å². The van der Waals surface area contributed by atoms with Crippen molar-refractivity contribution < 1.29 is 19.4 Å². The SMILES string of the molecule is O=Cc1ccc2ccc3c(OC(=O)c4ccc(O)cc4)ccc4ccc1c2c43. The normalized spacial score (nSPS) is 11.3. The lowest BCUT2D eigenvalue weighted by atomic mass is 9.92. The fourth-order valence-corrected chi connectivity index (χ4v) is 3.74. The van der Waals surface area contributed by atoms with E-state index in [0.29, 0.717) is 16.9 Å². The lowest BCUT2D eigenvalue weighted by molar-refractivity contribution is 0.0737. The number of aromatic hydroxyl groups is 1. The Labute approximate surface area is 159 Å². The number of hydrogen-bond donors (Lipinski definition) is 1. The number of rotatable bonds is 3. The van der Waals surface area contributed by atoms with Crippen LogP contribution in [0.1, 0.15) is 20.7 Å². The van der Waals surface area contributed by atoms with Crippen molar-refractivity contribution in [3.63, 3.8) is 0 Å². The molecule has 0 aliphatic carbocycles. The van der Waals surface area contributed by atoms with Crippen LogP contribution in [0.2, 0.25) is 0 Å². The zero-order valence-electron chi connectivity index (χ0n) is 14.7. The molecule has 5 rings (SSSR count). The van der Waals surface area contributed by atoms with E-state index in [-0.39, 0.29) is 5.75 Å². The lowest BCUT2D eigenvalue weighted by Crippen LogP contribution is -2.08. The number of benzene rings is 5. The Morgan fingerprint density at radius 1 is 0.750 bits per heavy atom. The summed E-state index contributed by atoms with van der Waals surface area (Å²) in [6.45, 7) is 0. The Kier molecular flexibility index (Phi) is 3.52. The highest BCUT2D eigenvalue weighted by Gasteiger charge is 2.16. The van der Waals surface area contributed by atoms with E-state index in [1.807, 2.05) is 42.5 Å². The van der Waals surface area contributed by atoms with Gasteiger partial charge in [0, 0.05) is 16.3 Å². The van der Waals surface area contributed by atoms with E-state index in [2.05, 4.69) is 0 Å². The smallest absolute Gasteiger partial charge is 0.343 e. The highest BCUT2D eigenvalue weighted by atomic mass is 16.5. The Morgan fingerprint density at radius 2 is 1.36 bits per heavy atom. The van der Waals surface area contributed by atoms with Gasteiger partial charge in [-0.25, -0.2) is 4.79 Å². The summed E-state index contributed by atoms with van der Waals surface area (Å²) in [5.41, 5.74) is 0.986. The van der Waals surface area contributed by atoms with Gasteiger partial charge in [0.15, 0.2) is 6.29 Å². The summed E-state index contributed by atoms with van der Waals surface area (Å²) in [5.74, 6) is 0.0466. The second-order valence-corrected chi connectivity index (χ2v) is 6.70. The van der Waals surface area contributed by atoms with Crippen molar-refractivity contribution in [1.82, 2.24) is 0 Å². The molecular formula is C24H14O4. The Balaban J connectivity index is 1.71. The van der Waals surface area contributed by atoms with Crippen LogP contribution in [0.15, 0.2) is 72.8 Å². The monoisotopic (exact) mass is 366 g/mol. The maximum atomic E-state index is 12.5. The van der Waals surface area contributed by atoms with Gasteiger partial charge in [0.1, 0.15) is 11.5 Å². The van der Waals surface area contributed by atoms with Crippen LogP contribution in [0.5, 0.6) is 11.5 Å². The molecule has 0 saturated heterocycles. The molecule has 0 spiro atoms. The third-order valence-electron chi connectivity index (χ3n) is 5.09. The van der Waals surface area contributed by atoms with Crippen LogP contribution >= 0.6 is 0 Å². The van der Waals surface area contributed by atoms with Gasteiger partial charge < -0.3 is 9.84 Å². The molecule has 0 heterocycles. The van der Waals surface area contributed by atoms with E-state index in [1.54, 1.807) is 6.07 Å². The summed E-state index contributed by atoms with van der Waals surface area (Å²) >= 11 is 0. The number of ether oxygens (including phenoxy) is 1. The predicted molar refractivity (Wildman–Crippen MR) is 109 cm³/mol. The number of carbonyl (C=O) groups is 2. The third-order valence-corrected chi connectivity index (χ3v) is 5.09. The van der Waals surface area contributed by atoms with Gasteiger partial charge in [-0.15, -0.1) is 0 Å². The number of phenols is 1. The maximum Gasteiger partial charge on any atom is 0.343 e. The van der Waals surface area contributed by atoms with Gasteiger partial charge in [0.2, 0.25) is 0 Å². The Morgan fingerprint density at radius 3 is 2.07 bits per heavy atom. The van der Waals surface area contributed by atoms with Crippen LogP contribution in [0, 0.1) is 0 Å². The molecule has 28 heavy (non-hydrogen) atoms. The van der Waals surface area contributed by atoms with Gasteiger partial charge >= 0.3 is 5.97 Å². The van der Waals surface area contributed by atoms with E-state index < -0.39 is 5.97 Å². The van der Waals surface area contributed by atoms with Crippen molar-refractivity contribution in [2.24, 2.45) is 0 Å². The third kappa shape index (κ3) is 2.39. The van der Waals surface area contributed by atoms with Gasteiger partial charge in [-0.1, -0.05) is 36.4 Å². The minimum absolute atomic E-state index is 0.0882. The number of aldehydes is 1. The first-order valence-electron chi connectivity index (χ1n) is 8.82. The number of carbonyl (C=O) groups excluding carboxylic acids is 2. The van der Waals surface area contributed by atoms with Crippen LogP contribution in [-0.2, 0) is 0 Å². The topological polar surface area (TPSA) is 63.6 Å². The molecule has 0 saturated carbocycles. The van der Waals surface area contributed by atoms with Crippen molar-refractivity contribution in [2.75, 3.05) is 0 Å². The molecule has 1 N–H and O–H groups in total. The summed E-state index contributed by atoms with van der Waals surface area (Å²) < 4.78 is 5.66. The maximum absolute atomic E-state index is 12.5. The highest BCUT2D eigenvalue weighted by Crippen LogP contribution is 2.39. The first-order valence-corrected chi connectivity index (χ1v) is 8.82. The molecule has 4 heteroatoms. The molecule has 134 valence electrons. The van der Waals surface area contributed by atoms with Gasteiger partial charge in [-0.2, -0.15) is 0 Å². The molecule has 0 aromatic heterocycles. The number of phenolic OH excluding ortho intramolecular Hbond substituents is 1. The molecule has 5 aromatic rings. The highest BCUT2D eigenvalue weighted by molar-refractivity contribution is 6.26. The van der Waals surface area contributed by atoms with E-state index in [9.17, 15) is 14.7 Å². The molecule has 0 atom stereocenters. The predicted octanol–water partition coefficient (Wildman–Crippen LogP) is 5.32. The molecule has 0 unspecified atom stereocenters. The Hall–Kier alpha value is -3.92. The van der Waals surface area contributed by atoms with Crippen molar-refractivity contribution in [3.8, 4) is 11.5 Å². The standard InChI is InChI=1S/C24H14O4/c25-13-17-2-1-14-6-11-20-21(28-24(27)16-3-8-18(26)9-4-16)12-7-15-5-10-19(17)22(14)23(15)20/h1-13,26H. The van der Waals surface area contributed by atoms with Gasteiger partial charge in [0.05, 0.1) is 5.56 Å². The largest absolute Gasteiger partial charge is 0.508 e. The molecule has 0 radical (unpaired) electrons. The van der Waals surface area contributed by atoms with Crippen molar-refractivity contribution in [2.45, 2.75) is 0 Å². The summed E-state index contributed by atoms with van der Waals surface area (Å²) in [4.78, 5) is 24.0. The van der Waals surface area contributed by atoms with Crippen molar-refractivity contribution in [1.29, 1.82) is 0 Å². The second-order valence-electron chi connectivity index (χ2n) is 6.70. The van der Waals surface area contributed by atoms with Crippen LogP contribution in [0.25, 0.3) is 32.3 Å². The van der Waals surface area contributed by atoms with Crippen molar-refractivity contribution in [3.05, 3.63) is 83.9 Å². The molecular weight excluding hydrogens is 352 g/mol. The molecule has 4 nitrogen and oxygen atoms in total. The first kappa shape index (κ1) is 16.3. The van der Waals surface area contributed by atoms with Crippen LogP contribution in [0.3, 0.4) is 0 Å². The molecule has 0 aliphatic heterocycles. The average Bonchev–Trinajstić information content (AvgIpc) is 2.73. The van der Waals surface area contributed by atoms with Gasteiger partial charge in [-0.05, 0) is 57.9 Å². The fourth-order valence-electron chi connectivity index (χ4n) is 3.74. The van der Waals surface area contributed by atoms with Crippen molar-refractivity contribution >= 4 is 44.6 Å². The molecule has 0 aliphatic rings. The van der Waals surface area contributed by atoms with Crippen LogP contribution < -0.4 is 4.74 Å². The van der Waals surface area contributed by atoms with E-state index in [0.717, 1.165) is 38.6 Å². The quantitative estimate of drug-likeness (QED) is 0.203. The average molecular weight is 366 g/mol. The van der Waals surface area contributed by atoms with Gasteiger partial charge in [-0.3, -0.25) is 4.79 Å². The summed E-state index contributed by atoms with van der Waals surface area (Å²) in [6.07, 6.45) is 0.859. The molecule has 0 fully saturated rings. The van der Waals surface area contributed by atoms with Crippen LogP contribution in [-0.4, -0.2) is 17.4 Å². The van der Waals surface area contributed by atoms with E-state index in [4.69, 9.17) is 4.74 Å². The summed E-state index contributed by atoms with van der Waals surface area (Å²) in [7, 11) is 0.